The van der Waals surface area contributed by atoms with E-state index in [0.717, 1.165) is 37.2 Å². The number of halogens is 2. The van der Waals surface area contributed by atoms with E-state index < -0.39 is 16.9 Å². The number of hydrogen-bond donors (Lipinski definition) is 2. The van der Waals surface area contributed by atoms with Crippen molar-refractivity contribution in [1.29, 1.82) is 0 Å². The van der Waals surface area contributed by atoms with Crippen molar-refractivity contribution in [3.05, 3.63) is 36.8 Å². The van der Waals surface area contributed by atoms with E-state index in [0.29, 0.717) is 28.4 Å². The molecule has 3 aromatic rings. The van der Waals surface area contributed by atoms with Crippen LogP contribution in [0, 0.1) is 5.41 Å². The Bertz CT molecular complexity index is 1350. The number of hydrogen-bond acceptors (Lipinski definition) is 8. The Labute approximate surface area is 228 Å². The molecular weight excluding hydrogens is 526 g/mol. The third-order valence-corrected chi connectivity index (χ3v) is 9.08. The smallest absolute Gasteiger partial charge is 0.251 e. The van der Waals surface area contributed by atoms with Crippen molar-refractivity contribution in [2.24, 2.45) is 5.41 Å². The molecule has 10 nitrogen and oxygen atoms in total. The van der Waals surface area contributed by atoms with Crippen molar-refractivity contribution in [3.8, 4) is 17.1 Å². The topological polar surface area (TPSA) is 112 Å². The second-order valence-electron chi connectivity index (χ2n) is 10.7. The van der Waals surface area contributed by atoms with Crippen LogP contribution in [0.4, 0.5) is 26.0 Å². The Morgan fingerprint density at radius 3 is 2.41 bits per heavy atom. The number of aliphatic hydroxyl groups is 1. The molecule has 1 atom stereocenters. The van der Waals surface area contributed by atoms with Crippen LogP contribution >= 0.6 is 0 Å². The lowest BCUT2D eigenvalue weighted by Gasteiger charge is -2.35. The van der Waals surface area contributed by atoms with Gasteiger partial charge in [0.05, 0.1) is 31.0 Å². The maximum absolute atomic E-state index is 13.6. The first-order valence-corrected chi connectivity index (χ1v) is 14.7. The maximum atomic E-state index is 13.6. The molecule has 208 valence electrons. The molecule has 13 heteroatoms. The van der Waals surface area contributed by atoms with Gasteiger partial charge in [-0.2, -0.15) is 0 Å². The molecule has 0 radical (unpaired) electrons. The molecule has 2 aliphatic heterocycles. The van der Waals surface area contributed by atoms with Crippen molar-refractivity contribution < 1.29 is 18.1 Å². The fourth-order valence-corrected chi connectivity index (χ4v) is 6.07. The van der Waals surface area contributed by atoms with Crippen molar-refractivity contribution in [2.75, 3.05) is 53.1 Å². The first-order chi connectivity index (χ1) is 18.8. The third-order valence-electron chi connectivity index (χ3n) is 8.06. The van der Waals surface area contributed by atoms with Gasteiger partial charge in [-0.3, -0.25) is 4.98 Å². The normalized spacial score (nSPS) is 20.7. The van der Waals surface area contributed by atoms with Gasteiger partial charge >= 0.3 is 0 Å². The van der Waals surface area contributed by atoms with Crippen molar-refractivity contribution >= 4 is 28.2 Å². The minimum absolute atomic E-state index is 0.150. The quantitative estimate of drug-likeness (QED) is 0.433. The summed E-state index contributed by atoms with van der Waals surface area (Å²) < 4.78 is 44.0. The zero-order chi connectivity index (χ0) is 27.0. The predicted octanol–water partition coefficient (Wildman–Crippen LogP) is 3.41. The highest BCUT2D eigenvalue weighted by Crippen LogP contribution is 2.54. The molecule has 1 spiro atoms. The molecule has 2 aromatic heterocycles. The van der Waals surface area contributed by atoms with Crippen LogP contribution in [-0.4, -0.2) is 78.7 Å². The summed E-state index contributed by atoms with van der Waals surface area (Å²) in [6, 6.07) is 5.78. The molecule has 0 amide bonds. The number of alkyl halides is 2. The molecule has 3 aliphatic rings. The van der Waals surface area contributed by atoms with Crippen molar-refractivity contribution in [1.82, 2.24) is 25.0 Å². The number of nitrogens with one attached hydrogen (secondary N) is 1. The van der Waals surface area contributed by atoms with Crippen LogP contribution in [0.25, 0.3) is 17.1 Å². The average molecular weight is 559 g/mol. The summed E-state index contributed by atoms with van der Waals surface area (Å²) in [5.41, 5.74) is 3.77. The first-order valence-electron chi connectivity index (χ1n) is 13.4. The highest BCUT2D eigenvalue weighted by Gasteiger charge is 2.44. The van der Waals surface area contributed by atoms with E-state index in [1.807, 2.05) is 23.1 Å². The zero-order valence-electron chi connectivity index (χ0n) is 21.6. The third kappa shape index (κ3) is 5.74. The number of nitrogens with zero attached hydrogens (tertiary/aromatic N) is 7. The molecule has 0 bridgehead atoms. The Morgan fingerprint density at radius 1 is 0.974 bits per heavy atom. The molecule has 6 rings (SSSR count). The number of rotatable bonds is 8. The molecule has 39 heavy (non-hydrogen) atoms. The fraction of sp³-hybridized carbons (Fsp3) is 0.538. The monoisotopic (exact) mass is 558 g/mol. The minimum Gasteiger partial charge on any atom is -0.395 e. The fourth-order valence-electron chi connectivity index (χ4n) is 5.41. The van der Waals surface area contributed by atoms with E-state index >= 15 is 0 Å². The molecule has 2 N–H and O–H groups in total. The van der Waals surface area contributed by atoms with Gasteiger partial charge in [0.25, 0.3) is 5.92 Å². The highest BCUT2D eigenvalue weighted by molar-refractivity contribution is 7.86. The summed E-state index contributed by atoms with van der Waals surface area (Å²) >= 11 is 0. The lowest BCUT2D eigenvalue weighted by atomic mass is 9.93. The Balaban J connectivity index is 1.26. The van der Waals surface area contributed by atoms with Crippen LogP contribution in [0.5, 0.6) is 0 Å². The van der Waals surface area contributed by atoms with Gasteiger partial charge in [0, 0.05) is 56.0 Å². The second kappa shape index (κ2) is 10.4. The number of aromatic nitrogens is 5. The summed E-state index contributed by atoms with van der Waals surface area (Å²) in [7, 11) is -1.38. The molecule has 1 saturated carbocycles. The van der Waals surface area contributed by atoms with E-state index in [9.17, 15) is 13.0 Å². The van der Waals surface area contributed by atoms with E-state index in [1.165, 1.54) is 12.8 Å². The largest absolute Gasteiger partial charge is 0.395 e. The Kier molecular flexibility index (Phi) is 6.96. The van der Waals surface area contributed by atoms with Gasteiger partial charge in [-0.25, -0.2) is 22.7 Å². The van der Waals surface area contributed by atoms with Crippen molar-refractivity contribution in [3.63, 3.8) is 0 Å². The lowest BCUT2D eigenvalue weighted by Crippen LogP contribution is -2.39. The van der Waals surface area contributed by atoms with Gasteiger partial charge in [0.2, 0.25) is 0 Å². The van der Waals surface area contributed by atoms with Crippen LogP contribution in [0.2, 0.25) is 0 Å². The number of anilines is 3. The van der Waals surface area contributed by atoms with Gasteiger partial charge < -0.3 is 19.6 Å². The van der Waals surface area contributed by atoms with E-state index in [4.69, 9.17) is 5.11 Å². The van der Waals surface area contributed by atoms with E-state index in [-0.39, 0.29) is 38.3 Å². The molecule has 3 fully saturated rings. The summed E-state index contributed by atoms with van der Waals surface area (Å²) in [5.74, 6) is -1.49. The average Bonchev–Trinajstić information content (AvgIpc) is 3.49. The van der Waals surface area contributed by atoms with Crippen LogP contribution in [0.15, 0.2) is 36.8 Å². The molecule has 2 saturated heterocycles. The number of piperidine rings is 2. The molecule has 4 heterocycles. The number of benzene rings is 1. The maximum Gasteiger partial charge on any atom is 0.251 e. The van der Waals surface area contributed by atoms with E-state index in [1.54, 1.807) is 23.3 Å². The van der Waals surface area contributed by atoms with Crippen LogP contribution < -0.4 is 14.5 Å². The zero-order valence-corrected chi connectivity index (χ0v) is 22.4. The van der Waals surface area contributed by atoms with Gasteiger partial charge in [-0.1, -0.05) is 5.21 Å². The first kappa shape index (κ1) is 26.1. The van der Waals surface area contributed by atoms with Crippen LogP contribution in [-0.2, 0) is 11.0 Å². The highest BCUT2D eigenvalue weighted by atomic mass is 32.2. The van der Waals surface area contributed by atoms with Gasteiger partial charge in [0.15, 0.2) is 5.82 Å². The van der Waals surface area contributed by atoms with Gasteiger partial charge in [0.1, 0.15) is 22.5 Å². The lowest BCUT2D eigenvalue weighted by molar-refractivity contribution is -0.0221. The molecule has 1 aliphatic carbocycles. The molecule has 1 unspecified atom stereocenters. The van der Waals surface area contributed by atoms with Gasteiger partial charge in [-0.05, 0) is 49.3 Å². The van der Waals surface area contributed by atoms with Crippen LogP contribution in [0.1, 0.15) is 38.5 Å². The molecular formula is C26H32F2N8O2S. The summed E-state index contributed by atoms with van der Waals surface area (Å²) in [6.45, 7) is 2.16. The summed E-state index contributed by atoms with van der Waals surface area (Å²) in [5, 5.41) is 17.9. The SMILES string of the molecule is O=S(CCO)Nc1ccc(-c2cn(-c3cncc(N4CCC(F)(F)CC4)n3)nn2)c(N2CCC3(CC2)CC3)c1. The van der Waals surface area contributed by atoms with Gasteiger partial charge in [-0.15, -0.1) is 5.10 Å². The summed E-state index contributed by atoms with van der Waals surface area (Å²) in [4.78, 5) is 13.1. The minimum atomic E-state index is -2.63. The Morgan fingerprint density at radius 2 is 1.69 bits per heavy atom. The van der Waals surface area contributed by atoms with Crippen LogP contribution in [0.3, 0.4) is 0 Å². The van der Waals surface area contributed by atoms with Crippen molar-refractivity contribution in [2.45, 2.75) is 44.4 Å². The Hall–Kier alpha value is -3.19. The molecule has 1 aromatic carbocycles. The summed E-state index contributed by atoms with van der Waals surface area (Å²) in [6.07, 6.45) is 9.46. The van der Waals surface area contributed by atoms with E-state index in [2.05, 4.69) is 29.9 Å². The predicted molar refractivity (Wildman–Crippen MR) is 146 cm³/mol. The standard InChI is InChI=1S/C26H32F2N8O2S/c27-26(28)7-11-35(12-8-26)23-16-29-17-24(30-23)36-18-21(31-33-36)20-2-1-19(32-39(38)14-13-37)15-22(20)34-9-5-25(3-4-25)6-10-34/h1-2,15-18,32,37H,3-14H2. The second-order valence-corrected chi connectivity index (χ2v) is 12.0. The number of aliphatic hydroxyl groups excluding tert-OH is 1.